The van der Waals surface area contributed by atoms with Gasteiger partial charge in [0.1, 0.15) is 22.3 Å². The van der Waals surface area contributed by atoms with Crippen LogP contribution in [0.2, 0.25) is 0 Å². The molecule has 16 aromatic rings. The van der Waals surface area contributed by atoms with E-state index in [0.29, 0.717) is 0 Å². The molecule has 0 amide bonds. The molecule has 0 aliphatic rings. The number of benzene rings is 12. The van der Waals surface area contributed by atoms with Gasteiger partial charge in [-0.3, -0.25) is 0 Å². The Balaban J connectivity index is 0.800. The van der Waals surface area contributed by atoms with E-state index >= 15 is 0 Å². The fraction of sp³-hybridized carbons (Fsp3) is 0. The molecule has 12 aromatic carbocycles. The van der Waals surface area contributed by atoms with Crippen LogP contribution in [0.1, 0.15) is 0 Å². The summed E-state index contributed by atoms with van der Waals surface area (Å²) >= 11 is 3.77. The highest BCUT2D eigenvalue weighted by molar-refractivity contribution is 7.28. The van der Waals surface area contributed by atoms with E-state index in [1.165, 1.54) is 72.7 Å². The number of hydrogen-bond acceptors (Lipinski definition) is 6. The van der Waals surface area contributed by atoms with Gasteiger partial charge >= 0.3 is 0 Å². The molecule has 4 heterocycles. The second-order valence-corrected chi connectivity index (χ2v) is 20.9. The molecule has 0 aliphatic carbocycles. The van der Waals surface area contributed by atoms with Gasteiger partial charge in [-0.2, -0.15) is 0 Å². The van der Waals surface area contributed by atoms with Crippen LogP contribution in [0, 0.1) is 0 Å². The quantitative estimate of drug-likeness (QED) is 0.166. The van der Waals surface area contributed by atoms with E-state index in [1.807, 2.05) is 22.7 Å². The fourth-order valence-electron chi connectivity index (χ4n) is 11.4. The maximum Gasteiger partial charge on any atom is 0.137 e. The Kier molecular flexibility index (Phi) is 8.46. The molecule has 0 bridgehead atoms. The molecule has 0 radical (unpaired) electrons. The summed E-state index contributed by atoms with van der Waals surface area (Å²) in [6.07, 6.45) is 0. The van der Waals surface area contributed by atoms with Gasteiger partial charge in [0.25, 0.3) is 0 Å². The third kappa shape index (κ3) is 5.97. The normalized spacial score (nSPS) is 12.2. The first kappa shape index (κ1) is 39.9. The minimum Gasteiger partial charge on any atom is -0.456 e. The van der Waals surface area contributed by atoms with Gasteiger partial charge in [-0.15, -0.1) is 22.7 Å². The number of hydrogen-bond donors (Lipinski definition) is 0. The molecule has 336 valence electrons. The molecule has 4 nitrogen and oxygen atoms in total. The molecule has 0 atom stereocenters. The zero-order chi connectivity index (χ0) is 47.0. The van der Waals surface area contributed by atoms with E-state index < -0.39 is 0 Å². The highest BCUT2D eigenvalue weighted by Crippen LogP contribution is 2.48. The molecule has 72 heavy (non-hydrogen) atoms. The molecule has 0 unspecified atom stereocenters. The number of fused-ring (bicyclic) bond motifs is 18. The van der Waals surface area contributed by atoms with Crippen LogP contribution in [0.4, 0.5) is 34.1 Å². The Morgan fingerprint density at radius 3 is 1.28 bits per heavy atom. The van der Waals surface area contributed by atoms with E-state index in [4.69, 9.17) is 8.83 Å². The summed E-state index contributed by atoms with van der Waals surface area (Å²) < 4.78 is 18.3. The lowest BCUT2D eigenvalue weighted by Gasteiger charge is -2.25. The van der Waals surface area contributed by atoms with Crippen LogP contribution in [-0.2, 0) is 0 Å². The molecule has 0 aliphatic heterocycles. The van der Waals surface area contributed by atoms with E-state index in [1.54, 1.807) is 0 Å². The first-order chi connectivity index (χ1) is 35.6. The largest absolute Gasteiger partial charge is 0.456 e. The van der Waals surface area contributed by atoms with E-state index in [-0.39, 0.29) is 0 Å². The average Bonchev–Trinajstić information content (AvgIpc) is 4.20. The molecule has 0 spiro atoms. The van der Waals surface area contributed by atoms with Gasteiger partial charge in [0.2, 0.25) is 0 Å². The maximum atomic E-state index is 6.58. The van der Waals surface area contributed by atoms with Crippen molar-refractivity contribution in [2.45, 2.75) is 0 Å². The summed E-state index contributed by atoms with van der Waals surface area (Å²) in [7, 11) is 0. The maximum absolute atomic E-state index is 6.58. The van der Waals surface area contributed by atoms with Gasteiger partial charge in [-0.1, -0.05) is 127 Å². The van der Waals surface area contributed by atoms with Crippen molar-refractivity contribution < 1.29 is 8.83 Å². The summed E-state index contributed by atoms with van der Waals surface area (Å²) in [4.78, 5) is 4.69. The lowest BCUT2D eigenvalue weighted by atomic mass is 10.0. The van der Waals surface area contributed by atoms with Crippen LogP contribution >= 0.6 is 22.7 Å². The van der Waals surface area contributed by atoms with Crippen molar-refractivity contribution in [2.24, 2.45) is 0 Å². The van der Waals surface area contributed by atoms with Crippen molar-refractivity contribution in [1.29, 1.82) is 0 Å². The van der Waals surface area contributed by atoms with Crippen molar-refractivity contribution in [2.75, 3.05) is 9.80 Å². The first-order valence-electron chi connectivity index (χ1n) is 24.3. The Hall–Kier alpha value is -8.94. The van der Waals surface area contributed by atoms with Gasteiger partial charge in [-0.05, 0) is 113 Å². The number of rotatable bonds is 6. The summed E-state index contributed by atoms with van der Waals surface area (Å²) in [5.74, 6) is 0. The molecule has 0 fully saturated rings. The van der Waals surface area contributed by atoms with Gasteiger partial charge in [0, 0.05) is 119 Å². The van der Waals surface area contributed by atoms with Gasteiger partial charge < -0.3 is 18.6 Å². The lowest BCUT2D eigenvalue weighted by Crippen LogP contribution is -2.09. The van der Waals surface area contributed by atoms with Crippen LogP contribution in [-0.4, -0.2) is 0 Å². The monoisotopic (exact) mass is 954 g/mol. The van der Waals surface area contributed by atoms with Crippen molar-refractivity contribution in [1.82, 2.24) is 0 Å². The predicted molar refractivity (Wildman–Crippen MR) is 309 cm³/mol. The van der Waals surface area contributed by atoms with Crippen molar-refractivity contribution >= 4 is 173 Å². The minimum absolute atomic E-state index is 0.875. The zero-order valence-corrected chi connectivity index (χ0v) is 40.1. The average molecular weight is 955 g/mol. The summed E-state index contributed by atoms with van der Waals surface area (Å²) in [5, 5.41) is 17.0. The van der Waals surface area contributed by atoms with E-state index in [0.717, 1.165) is 78.0 Å². The fourth-order valence-corrected chi connectivity index (χ4v) is 14.0. The second kappa shape index (κ2) is 15.3. The van der Waals surface area contributed by atoms with E-state index in [2.05, 4.69) is 240 Å². The Morgan fingerprint density at radius 2 is 0.681 bits per heavy atom. The Morgan fingerprint density at radius 1 is 0.250 bits per heavy atom. The number of nitrogens with zero attached hydrogens (tertiary/aromatic N) is 2. The molecular formula is C66H38N2O2S2. The number of furan rings is 2. The molecule has 0 N–H and O–H groups in total. The molecule has 6 heteroatoms. The number of para-hydroxylation sites is 2. The van der Waals surface area contributed by atoms with Gasteiger partial charge in [0.05, 0.1) is 0 Å². The van der Waals surface area contributed by atoms with Crippen molar-refractivity contribution in [3.05, 3.63) is 231 Å². The number of anilines is 6. The van der Waals surface area contributed by atoms with Gasteiger partial charge in [-0.25, -0.2) is 0 Å². The lowest BCUT2D eigenvalue weighted by molar-refractivity contribution is 0.669. The molecule has 4 aromatic heterocycles. The zero-order valence-electron chi connectivity index (χ0n) is 38.5. The third-order valence-corrected chi connectivity index (χ3v) is 17.2. The van der Waals surface area contributed by atoms with Crippen LogP contribution < -0.4 is 9.80 Å². The Bertz CT molecular complexity index is 4890. The summed E-state index contributed by atoms with van der Waals surface area (Å²) in [6.45, 7) is 0. The molecule has 16 rings (SSSR count). The Labute approximate surface area is 420 Å². The summed E-state index contributed by atoms with van der Waals surface area (Å²) in [6, 6.07) is 83.5. The van der Waals surface area contributed by atoms with Gasteiger partial charge in [0.15, 0.2) is 0 Å². The van der Waals surface area contributed by atoms with Crippen molar-refractivity contribution in [3.8, 4) is 0 Å². The number of thiophene rings is 2. The molecule has 0 saturated carbocycles. The third-order valence-electron chi connectivity index (χ3n) is 14.8. The van der Waals surface area contributed by atoms with Crippen LogP contribution in [0.5, 0.6) is 0 Å². The SMILES string of the molecule is c1ccc(N(c2ccc3c(c2)oc2cc4ccccc4cc23)c2ccc3c(c2)sc2c3ccc3c2ccc2c4ccc(N(c5ccccc5)c5ccc6c(c5)oc5ccc7ccccc7c56)cc4sc23)cc1. The smallest absolute Gasteiger partial charge is 0.137 e. The highest BCUT2D eigenvalue weighted by Gasteiger charge is 2.21. The highest BCUT2D eigenvalue weighted by atomic mass is 32.1. The standard InChI is InChI=1S/C66H38N2O2S2/c1-3-14-42(15-4-1)67(44-20-24-49-57-33-40-12-7-8-13-41(40)34-59(57)70-60(49)35-44)46-21-25-50-52-28-30-55-54(65(52)71-62(50)37-46)31-29-53-51-26-22-47(38-63(51)72-66(53)55)68(43-16-5-2-6-17-43)45-23-27-56-61(36-45)69-58-32-19-39-11-9-10-18-48(39)64(56)58/h1-38H. The molecule has 0 saturated heterocycles. The molecular weight excluding hydrogens is 917 g/mol. The van der Waals surface area contributed by atoms with Crippen LogP contribution in [0.15, 0.2) is 239 Å². The second-order valence-electron chi connectivity index (χ2n) is 18.8. The summed E-state index contributed by atoms with van der Waals surface area (Å²) in [5.41, 5.74) is 10.0. The minimum atomic E-state index is 0.875. The predicted octanol–water partition coefficient (Wildman–Crippen LogP) is 20.6. The topological polar surface area (TPSA) is 32.8 Å². The van der Waals surface area contributed by atoms with Crippen LogP contribution in [0.25, 0.3) is 117 Å². The van der Waals surface area contributed by atoms with Crippen LogP contribution in [0.3, 0.4) is 0 Å². The van der Waals surface area contributed by atoms with E-state index in [9.17, 15) is 0 Å². The van der Waals surface area contributed by atoms with Crippen molar-refractivity contribution in [3.63, 3.8) is 0 Å². The first-order valence-corrected chi connectivity index (χ1v) is 25.9.